The van der Waals surface area contributed by atoms with E-state index < -0.39 is 0 Å². The Morgan fingerprint density at radius 3 is 1.49 bits per heavy atom. The van der Waals surface area contributed by atoms with Gasteiger partial charge < -0.3 is 4.57 Å². The first-order valence-corrected chi connectivity index (χ1v) is 19.1. The van der Waals surface area contributed by atoms with E-state index in [1.54, 1.807) is 0 Å². The molecule has 0 bridgehead atoms. The van der Waals surface area contributed by atoms with Gasteiger partial charge in [0, 0.05) is 54.9 Å². The molecule has 3 heterocycles. The molecule has 8 aromatic carbocycles. The lowest BCUT2D eigenvalue weighted by molar-refractivity contribution is 1.07. The van der Waals surface area contributed by atoms with E-state index in [0.29, 0.717) is 17.5 Å². The first-order valence-electron chi connectivity index (χ1n) is 19.1. The molecule has 57 heavy (non-hydrogen) atoms. The van der Waals surface area contributed by atoms with Crippen molar-refractivity contribution in [1.82, 2.24) is 24.5 Å². The Morgan fingerprint density at radius 1 is 0.316 bits per heavy atom. The summed E-state index contributed by atoms with van der Waals surface area (Å²) in [6.07, 6.45) is 0. The second-order valence-electron chi connectivity index (χ2n) is 14.2. The fourth-order valence-electron chi connectivity index (χ4n) is 8.20. The van der Waals surface area contributed by atoms with Crippen LogP contribution < -0.4 is 0 Å². The summed E-state index contributed by atoms with van der Waals surface area (Å²) >= 11 is 0. The summed E-state index contributed by atoms with van der Waals surface area (Å²) in [5.74, 6) is 1.80. The summed E-state index contributed by atoms with van der Waals surface area (Å²) in [5, 5.41) is 5.79. The number of fused-ring (bicyclic) bond motifs is 6. The number of nitrogens with zero attached hydrogens (tertiary/aromatic N) is 5. The quantitative estimate of drug-likeness (QED) is 0.160. The fraction of sp³-hybridized carbons (Fsp3) is 0. The zero-order valence-electron chi connectivity index (χ0n) is 30.8. The maximum Gasteiger partial charge on any atom is 0.164 e. The minimum atomic E-state index is 0.586. The van der Waals surface area contributed by atoms with Crippen molar-refractivity contribution in [3.8, 4) is 62.2 Å². The zero-order chi connectivity index (χ0) is 37.7. The van der Waals surface area contributed by atoms with Crippen molar-refractivity contribution in [1.29, 1.82) is 0 Å². The fourth-order valence-corrected chi connectivity index (χ4v) is 8.20. The molecule has 3 aromatic heterocycles. The van der Waals surface area contributed by atoms with E-state index in [-0.39, 0.29) is 0 Å². The predicted molar refractivity (Wildman–Crippen MR) is 234 cm³/mol. The third kappa shape index (κ3) is 5.64. The lowest BCUT2D eigenvalue weighted by Crippen LogP contribution is -2.01. The molecule has 0 radical (unpaired) electrons. The average molecular weight is 728 g/mol. The molecule has 5 heteroatoms. The Morgan fingerprint density at radius 2 is 0.825 bits per heavy atom. The maximum absolute atomic E-state index is 5.37. The Bertz CT molecular complexity index is 3230. The van der Waals surface area contributed by atoms with Crippen LogP contribution in [-0.2, 0) is 0 Å². The topological polar surface area (TPSA) is 56.5 Å². The van der Waals surface area contributed by atoms with Gasteiger partial charge in [0.2, 0.25) is 0 Å². The normalized spacial score (nSPS) is 11.5. The van der Waals surface area contributed by atoms with Crippen LogP contribution >= 0.6 is 0 Å². The summed E-state index contributed by atoms with van der Waals surface area (Å²) in [6, 6.07) is 69.7. The highest BCUT2D eigenvalue weighted by Crippen LogP contribution is 2.40. The van der Waals surface area contributed by atoms with Gasteiger partial charge in [-0.25, -0.2) is 19.9 Å². The van der Waals surface area contributed by atoms with Gasteiger partial charge in [-0.05, 0) is 41.5 Å². The first-order chi connectivity index (χ1) is 28.3. The lowest BCUT2D eigenvalue weighted by atomic mass is 9.92. The summed E-state index contributed by atoms with van der Waals surface area (Å²) in [7, 11) is 0. The molecule has 0 amide bonds. The predicted octanol–water partition coefficient (Wildman–Crippen LogP) is 13.0. The number of para-hydroxylation sites is 2. The molecule has 0 spiro atoms. The van der Waals surface area contributed by atoms with Gasteiger partial charge in [-0.15, -0.1) is 0 Å². The van der Waals surface area contributed by atoms with E-state index >= 15 is 0 Å². The largest absolute Gasteiger partial charge is 0.309 e. The lowest BCUT2D eigenvalue weighted by Gasteiger charge is -2.15. The van der Waals surface area contributed by atoms with Crippen LogP contribution in [-0.4, -0.2) is 24.5 Å². The van der Waals surface area contributed by atoms with Crippen molar-refractivity contribution in [2.75, 3.05) is 0 Å². The molecule has 11 rings (SSSR count). The van der Waals surface area contributed by atoms with E-state index in [0.717, 1.165) is 66.5 Å². The van der Waals surface area contributed by atoms with Crippen LogP contribution in [0.3, 0.4) is 0 Å². The van der Waals surface area contributed by atoms with Crippen molar-refractivity contribution in [3.63, 3.8) is 0 Å². The molecule has 0 saturated heterocycles. The molecule has 0 saturated carbocycles. The van der Waals surface area contributed by atoms with Gasteiger partial charge >= 0.3 is 0 Å². The van der Waals surface area contributed by atoms with Gasteiger partial charge in [0.05, 0.1) is 22.2 Å². The Labute approximate surface area is 329 Å². The van der Waals surface area contributed by atoms with Crippen molar-refractivity contribution < 1.29 is 0 Å². The number of rotatable bonds is 6. The Balaban J connectivity index is 1.12. The molecule has 0 aliphatic rings. The van der Waals surface area contributed by atoms with Gasteiger partial charge in [0.25, 0.3) is 0 Å². The van der Waals surface area contributed by atoms with Gasteiger partial charge in [0.1, 0.15) is 0 Å². The number of pyridine rings is 1. The number of hydrogen-bond donors (Lipinski definition) is 0. The molecule has 5 nitrogen and oxygen atoms in total. The monoisotopic (exact) mass is 727 g/mol. The molecule has 0 unspecified atom stereocenters. The minimum Gasteiger partial charge on any atom is -0.309 e. The highest BCUT2D eigenvalue weighted by Gasteiger charge is 2.18. The van der Waals surface area contributed by atoms with Crippen molar-refractivity contribution in [3.05, 3.63) is 200 Å². The average Bonchev–Trinajstić information content (AvgIpc) is 3.63. The second-order valence-corrected chi connectivity index (χ2v) is 14.2. The third-order valence-corrected chi connectivity index (χ3v) is 10.8. The molecular formula is C52H33N5. The van der Waals surface area contributed by atoms with Crippen LogP contribution in [0.2, 0.25) is 0 Å². The third-order valence-electron chi connectivity index (χ3n) is 10.8. The van der Waals surface area contributed by atoms with E-state index in [2.05, 4.69) is 168 Å². The van der Waals surface area contributed by atoms with Crippen LogP contribution in [0.4, 0.5) is 0 Å². The van der Waals surface area contributed by atoms with Gasteiger partial charge in [-0.2, -0.15) is 0 Å². The molecule has 0 aliphatic heterocycles. The Kier molecular flexibility index (Phi) is 7.74. The highest BCUT2D eigenvalue weighted by molar-refractivity contribution is 6.17. The minimum absolute atomic E-state index is 0.586. The van der Waals surface area contributed by atoms with Gasteiger partial charge in [-0.1, -0.05) is 170 Å². The summed E-state index contributed by atoms with van der Waals surface area (Å²) < 4.78 is 2.32. The van der Waals surface area contributed by atoms with Crippen molar-refractivity contribution in [2.24, 2.45) is 0 Å². The smallest absolute Gasteiger partial charge is 0.164 e. The summed E-state index contributed by atoms with van der Waals surface area (Å²) in [4.78, 5) is 20.8. The van der Waals surface area contributed by atoms with Crippen LogP contribution in [0.5, 0.6) is 0 Å². The maximum atomic E-state index is 5.37. The van der Waals surface area contributed by atoms with E-state index in [4.69, 9.17) is 19.9 Å². The van der Waals surface area contributed by atoms with Crippen molar-refractivity contribution >= 4 is 43.5 Å². The van der Waals surface area contributed by atoms with Crippen LogP contribution in [0, 0.1) is 0 Å². The second kappa shape index (κ2) is 13.5. The first kappa shape index (κ1) is 32.7. The Hall–Kier alpha value is -7.76. The molecule has 0 N–H and O–H groups in total. The van der Waals surface area contributed by atoms with Crippen LogP contribution in [0.25, 0.3) is 106 Å². The van der Waals surface area contributed by atoms with E-state index in [1.807, 2.05) is 36.4 Å². The summed E-state index contributed by atoms with van der Waals surface area (Å²) in [5.41, 5.74) is 11.2. The highest BCUT2D eigenvalue weighted by atomic mass is 15.0. The van der Waals surface area contributed by atoms with E-state index in [1.165, 1.54) is 21.7 Å². The number of benzene rings is 8. The zero-order valence-corrected chi connectivity index (χ0v) is 30.8. The number of aromatic nitrogens is 5. The van der Waals surface area contributed by atoms with Crippen LogP contribution in [0.1, 0.15) is 0 Å². The van der Waals surface area contributed by atoms with Crippen LogP contribution in [0.15, 0.2) is 200 Å². The van der Waals surface area contributed by atoms with Gasteiger partial charge in [-0.3, -0.25) is 0 Å². The molecular weight excluding hydrogens is 695 g/mol. The van der Waals surface area contributed by atoms with E-state index in [9.17, 15) is 0 Å². The SMILES string of the molecule is c1ccc(-c2nc(-c3cccc(-n4c5ccccc5c5ccccc54)c3)nc(-c3ccc4c(c3)nc(-c3ccccc3)c3cccc(-c5ccccc5)c34)n2)cc1. The molecule has 11 aromatic rings. The van der Waals surface area contributed by atoms with Crippen molar-refractivity contribution in [2.45, 2.75) is 0 Å². The molecule has 0 atom stereocenters. The molecule has 0 aliphatic carbocycles. The van der Waals surface area contributed by atoms with Gasteiger partial charge in [0.15, 0.2) is 17.5 Å². The number of hydrogen-bond acceptors (Lipinski definition) is 4. The molecule has 266 valence electrons. The summed E-state index contributed by atoms with van der Waals surface area (Å²) in [6.45, 7) is 0. The molecule has 0 fully saturated rings. The standard InChI is InChI=1S/C52H33N5/c1-4-16-34(17-5-1)40-26-15-27-44-48(40)43-31-30-38(33-45(43)53-49(44)35-18-6-2-7-19-35)52-55-50(36-20-8-3-9-21-36)54-51(56-52)37-22-14-23-39(32-37)57-46-28-12-10-24-41(46)42-25-11-13-29-47(42)57/h1-33H.